The summed E-state index contributed by atoms with van der Waals surface area (Å²) in [6.45, 7) is 1.16. The average Bonchev–Trinajstić information content (AvgIpc) is 2.47. The van der Waals surface area contributed by atoms with Crippen molar-refractivity contribution < 1.29 is 13.6 Å². The lowest BCUT2D eigenvalue weighted by atomic mass is 10.0. The van der Waals surface area contributed by atoms with E-state index >= 15 is 0 Å². The number of carbonyl (C=O) groups is 1. The highest BCUT2D eigenvalue weighted by Crippen LogP contribution is 2.34. The minimum absolute atomic E-state index is 0.304. The van der Waals surface area contributed by atoms with Crippen LogP contribution in [-0.2, 0) is 0 Å². The second kappa shape index (κ2) is 5.92. The zero-order valence-corrected chi connectivity index (χ0v) is 14.0. The molecule has 0 spiro atoms. The summed E-state index contributed by atoms with van der Waals surface area (Å²) in [6.07, 6.45) is 0. The molecule has 3 rings (SSSR count). The fourth-order valence-corrected chi connectivity index (χ4v) is 2.79. The van der Waals surface area contributed by atoms with Crippen molar-refractivity contribution in [2.45, 2.75) is 12.8 Å². The van der Waals surface area contributed by atoms with E-state index in [1.807, 2.05) is 25.1 Å². The van der Waals surface area contributed by atoms with Crippen molar-refractivity contribution in [3.63, 3.8) is 0 Å². The lowest BCUT2D eigenvalue weighted by molar-refractivity contribution is -0.0263. The lowest BCUT2D eigenvalue weighted by Crippen LogP contribution is -2.56. The van der Waals surface area contributed by atoms with Crippen molar-refractivity contribution in [3.05, 3.63) is 58.1 Å². The van der Waals surface area contributed by atoms with Gasteiger partial charge in [-0.1, -0.05) is 27.6 Å². The molecule has 1 aliphatic rings. The van der Waals surface area contributed by atoms with Crippen molar-refractivity contribution in [2.24, 2.45) is 0 Å². The Balaban J connectivity index is 1.84. The zero-order valence-electron chi connectivity index (χ0n) is 12.4. The number of hydrogen-bond donors (Lipinski definition) is 1. The first-order valence-corrected chi connectivity index (χ1v) is 7.94. The molecule has 2 aromatic carbocycles. The Morgan fingerprint density at radius 2 is 1.83 bits per heavy atom. The Labute approximate surface area is 141 Å². The number of benzene rings is 2. The fraction of sp³-hybridized carbons (Fsp3) is 0.235. The van der Waals surface area contributed by atoms with E-state index in [-0.39, 0.29) is 19.0 Å². The average molecular weight is 381 g/mol. The Kier molecular flexibility index (Phi) is 4.10. The molecule has 23 heavy (non-hydrogen) atoms. The van der Waals surface area contributed by atoms with E-state index in [9.17, 15) is 13.6 Å². The van der Waals surface area contributed by atoms with Crippen LogP contribution < -0.4 is 10.2 Å². The summed E-state index contributed by atoms with van der Waals surface area (Å²) >= 11 is 3.33. The molecule has 0 unspecified atom stereocenters. The largest absolute Gasteiger partial charge is 0.359 e. The van der Waals surface area contributed by atoms with E-state index in [4.69, 9.17) is 0 Å². The molecule has 0 radical (unpaired) electrons. The van der Waals surface area contributed by atoms with Crippen molar-refractivity contribution in [2.75, 3.05) is 23.3 Å². The molecule has 0 aromatic heterocycles. The molecule has 1 heterocycles. The number of rotatable bonds is 3. The van der Waals surface area contributed by atoms with Gasteiger partial charge in [-0.2, -0.15) is 0 Å². The molecule has 6 heteroatoms. The number of hydrogen-bond acceptors (Lipinski definition) is 2. The van der Waals surface area contributed by atoms with Gasteiger partial charge in [0, 0.05) is 15.8 Å². The SMILES string of the molecule is Cc1ccc(N2CC(F)(F)C2)c(C(=O)Nc2ccc(Br)cc2)c1. The van der Waals surface area contributed by atoms with Crippen LogP contribution in [0.15, 0.2) is 46.9 Å². The maximum atomic E-state index is 13.1. The van der Waals surface area contributed by atoms with Gasteiger partial charge in [0.1, 0.15) is 0 Å². The van der Waals surface area contributed by atoms with Crippen molar-refractivity contribution in [1.82, 2.24) is 0 Å². The molecule has 0 atom stereocenters. The molecule has 3 nitrogen and oxygen atoms in total. The molecule has 0 aliphatic carbocycles. The van der Waals surface area contributed by atoms with E-state index in [2.05, 4.69) is 21.2 Å². The topological polar surface area (TPSA) is 32.3 Å². The molecule has 1 saturated heterocycles. The molecule has 1 aliphatic heterocycles. The summed E-state index contributed by atoms with van der Waals surface area (Å²) in [7, 11) is 0. The third-order valence-corrected chi connectivity index (χ3v) is 4.21. The summed E-state index contributed by atoms with van der Waals surface area (Å²) in [6, 6.07) is 12.5. The van der Waals surface area contributed by atoms with E-state index in [1.165, 1.54) is 4.90 Å². The first-order valence-electron chi connectivity index (χ1n) is 7.14. The first kappa shape index (κ1) is 15.9. The molecular formula is C17H15BrF2N2O. The monoisotopic (exact) mass is 380 g/mol. The summed E-state index contributed by atoms with van der Waals surface area (Å²) in [5, 5.41) is 2.80. The van der Waals surface area contributed by atoms with Gasteiger partial charge in [0.15, 0.2) is 0 Å². The van der Waals surface area contributed by atoms with E-state index in [0.29, 0.717) is 16.9 Å². The molecule has 1 amide bonds. The van der Waals surface area contributed by atoms with Gasteiger partial charge in [-0.15, -0.1) is 0 Å². The van der Waals surface area contributed by atoms with Gasteiger partial charge in [-0.3, -0.25) is 4.79 Å². The number of alkyl halides is 2. The van der Waals surface area contributed by atoms with Crippen LogP contribution in [0.3, 0.4) is 0 Å². The Morgan fingerprint density at radius 1 is 1.17 bits per heavy atom. The van der Waals surface area contributed by atoms with Crippen molar-refractivity contribution in [1.29, 1.82) is 0 Å². The highest BCUT2D eigenvalue weighted by molar-refractivity contribution is 9.10. The maximum Gasteiger partial charge on any atom is 0.282 e. The van der Waals surface area contributed by atoms with E-state index in [0.717, 1.165) is 10.0 Å². The van der Waals surface area contributed by atoms with Crippen LogP contribution in [0.5, 0.6) is 0 Å². The predicted molar refractivity (Wildman–Crippen MR) is 90.4 cm³/mol. The van der Waals surface area contributed by atoms with Gasteiger partial charge in [-0.25, -0.2) is 8.78 Å². The molecule has 1 N–H and O–H groups in total. The summed E-state index contributed by atoms with van der Waals surface area (Å²) in [4.78, 5) is 14.1. The van der Waals surface area contributed by atoms with Crippen LogP contribution in [0.4, 0.5) is 20.2 Å². The van der Waals surface area contributed by atoms with Crippen LogP contribution in [0, 0.1) is 6.92 Å². The number of nitrogens with zero attached hydrogens (tertiary/aromatic N) is 1. The second-order valence-corrected chi connectivity index (χ2v) is 6.61. The number of amides is 1. The summed E-state index contributed by atoms with van der Waals surface area (Å²) in [5.41, 5.74) is 2.50. The molecule has 0 bridgehead atoms. The van der Waals surface area contributed by atoms with Gasteiger partial charge in [0.2, 0.25) is 0 Å². The van der Waals surface area contributed by atoms with Gasteiger partial charge in [0.25, 0.3) is 11.8 Å². The van der Waals surface area contributed by atoms with Crippen LogP contribution >= 0.6 is 15.9 Å². The third kappa shape index (κ3) is 3.52. The maximum absolute atomic E-state index is 13.1. The molecule has 1 fully saturated rings. The summed E-state index contributed by atoms with van der Waals surface area (Å²) in [5.74, 6) is -2.98. The molecular weight excluding hydrogens is 366 g/mol. The predicted octanol–water partition coefficient (Wildman–Crippen LogP) is 4.47. The smallest absolute Gasteiger partial charge is 0.282 e. The first-order chi connectivity index (χ1) is 10.8. The molecule has 2 aromatic rings. The minimum atomic E-state index is -2.68. The Morgan fingerprint density at radius 3 is 2.43 bits per heavy atom. The Hall–Kier alpha value is -1.95. The van der Waals surface area contributed by atoms with Crippen LogP contribution in [0.25, 0.3) is 0 Å². The quantitative estimate of drug-likeness (QED) is 0.851. The normalized spacial score (nSPS) is 15.9. The van der Waals surface area contributed by atoms with Crippen molar-refractivity contribution >= 4 is 33.2 Å². The standard InChI is InChI=1S/C17H15BrF2N2O/c1-11-2-7-15(22-9-17(19,20)10-22)14(8-11)16(23)21-13-5-3-12(18)4-6-13/h2-8H,9-10H2,1H3,(H,21,23). The summed E-state index contributed by atoms with van der Waals surface area (Å²) < 4.78 is 27.2. The molecule has 120 valence electrons. The van der Waals surface area contributed by atoms with Crippen LogP contribution in [0.1, 0.15) is 15.9 Å². The van der Waals surface area contributed by atoms with Gasteiger partial charge in [0.05, 0.1) is 18.7 Å². The third-order valence-electron chi connectivity index (χ3n) is 3.68. The highest BCUT2D eigenvalue weighted by Gasteiger charge is 2.44. The van der Waals surface area contributed by atoms with E-state index < -0.39 is 5.92 Å². The lowest BCUT2D eigenvalue weighted by Gasteiger charge is -2.41. The number of aryl methyl sites for hydroxylation is 1. The zero-order chi connectivity index (χ0) is 16.6. The number of anilines is 2. The second-order valence-electron chi connectivity index (χ2n) is 5.69. The fourth-order valence-electron chi connectivity index (χ4n) is 2.52. The Bertz CT molecular complexity index is 739. The number of nitrogens with one attached hydrogen (secondary N) is 1. The van der Waals surface area contributed by atoms with Crippen molar-refractivity contribution in [3.8, 4) is 0 Å². The van der Waals surface area contributed by atoms with Gasteiger partial charge >= 0.3 is 0 Å². The minimum Gasteiger partial charge on any atom is -0.359 e. The van der Waals surface area contributed by atoms with Gasteiger partial charge in [-0.05, 0) is 43.3 Å². The molecule has 0 saturated carbocycles. The van der Waals surface area contributed by atoms with Gasteiger partial charge < -0.3 is 10.2 Å². The highest BCUT2D eigenvalue weighted by atomic mass is 79.9. The van der Waals surface area contributed by atoms with Crippen LogP contribution in [0.2, 0.25) is 0 Å². The number of carbonyl (C=O) groups excluding carboxylic acids is 1. The van der Waals surface area contributed by atoms with E-state index in [1.54, 1.807) is 24.3 Å². The number of halogens is 3. The van der Waals surface area contributed by atoms with Crippen LogP contribution in [-0.4, -0.2) is 24.9 Å².